The zero-order valence-corrected chi connectivity index (χ0v) is 58.1. The number of aliphatic hydroxyl groups excluding tert-OH is 1. The number of carbonyl (C=O) groups is 4. The van der Waals surface area contributed by atoms with Crippen molar-refractivity contribution in [2.75, 3.05) is 39.6 Å². The van der Waals surface area contributed by atoms with Crippen LogP contribution in [0.4, 0.5) is 0 Å². The monoisotopic (exact) mass is 1280 g/mol. The largest absolute Gasteiger partial charge is 0.472 e. The predicted octanol–water partition coefficient (Wildman–Crippen LogP) is 19.2. The maximum absolute atomic E-state index is 13.0. The fourth-order valence-electron chi connectivity index (χ4n) is 10.2. The van der Waals surface area contributed by atoms with E-state index in [0.29, 0.717) is 25.7 Å². The third kappa shape index (κ3) is 61.3. The van der Waals surface area contributed by atoms with Gasteiger partial charge in [0.15, 0.2) is 12.2 Å². The van der Waals surface area contributed by atoms with E-state index in [4.69, 9.17) is 37.0 Å². The molecule has 0 fully saturated rings. The lowest BCUT2D eigenvalue weighted by Gasteiger charge is -2.21. The molecule has 3 unspecified atom stereocenters. The number of phosphoric acid groups is 2. The minimum absolute atomic E-state index is 0.105. The van der Waals surface area contributed by atoms with Crippen molar-refractivity contribution in [3.63, 3.8) is 0 Å². The summed E-state index contributed by atoms with van der Waals surface area (Å²) in [5.41, 5.74) is 0. The maximum Gasteiger partial charge on any atom is 0.472 e. The van der Waals surface area contributed by atoms with Crippen LogP contribution in [0.2, 0.25) is 0 Å². The minimum atomic E-state index is -4.95. The molecule has 0 aliphatic rings. The summed E-state index contributed by atoms with van der Waals surface area (Å²) in [6, 6.07) is 0. The number of aliphatic hydroxyl groups is 1. The molecule has 0 aromatic rings. The molecule has 516 valence electrons. The number of esters is 4. The third-order valence-corrected chi connectivity index (χ3v) is 18.0. The van der Waals surface area contributed by atoms with E-state index in [1.165, 1.54) is 154 Å². The lowest BCUT2D eigenvalue weighted by atomic mass is 9.99. The molecule has 0 aromatic carbocycles. The van der Waals surface area contributed by atoms with Crippen molar-refractivity contribution >= 4 is 39.5 Å². The Morgan fingerprint density at radius 3 is 0.874 bits per heavy atom. The van der Waals surface area contributed by atoms with E-state index in [2.05, 4.69) is 41.5 Å². The number of carbonyl (C=O) groups excluding carboxylic acids is 4. The molecule has 19 heteroatoms. The molecule has 0 amide bonds. The average molecular weight is 1280 g/mol. The molecule has 6 atom stereocenters. The summed E-state index contributed by atoms with van der Waals surface area (Å²) in [5.74, 6) is -0.511. The van der Waals surface area contributed by atoms with Crippen molar-refractivity contribution in [1.82, 2.24) is 0 Å². The van der Waals surface area contributed by atoms with Gasteiger partial charge < -0.3 is 33.8 Å². The summed E-state index contributed by atoms with van der Waals surface area (Å²) >= 11 is 0. The van der Waals surface area contributed by atoms with Gasteiger partial charge in [-0.15, -0.1) is 0 Å². The van der Waals surface area contributed by atoms with Crippen LogP contribution in [-0.4, -0.2) is 96.7 Å². The Labute approximate surface area is 530 Å². The standard InChI is InChI=1S/C68H132O17P2/c1-7-10-12-14-15-26-34-40-46-52-67(72)84-63(56-78-65(70)50-44-36-13-11-8-2)58-82-86(74,75)80-54-62(69)55-81-87(76,77)83-59-64(57-79-66(71)51-45-39-33-29-24-21-20-22-27-31-37-42-48-60(4)5)85-68(73)53-47-41-35-30-25-19-17-16-18-23-28-32-38-43-49-61(6)9-3/h60-64,69H,7-59H2,1-6H3,(H,74,75)(H,76,77)/t61?,62-,63+,64+/m0/s1. The second kappa shape index (κ2) is 60.3. The van der Waals surface area contributed by atoms with E-state index in [-0.39, 0.29) is 25.7 Å². The van der Waals surface area contributed by atoms with Crippen LogP contribution in [0.5, 0.6) is 0 Å². The first-order valence-electron chi connectivity index (χ1n) is 35.5. The second-order valence-corrected chi connectivity index (χ2v) is 28.2. The van der Waals surface area contributed by atoms with Crippen molar-refractivity contribution in [1.29, 1.82) is 0 Å². The Hall–Kier alpha value is -1.94. The fraction of sp³-hybridized carbons (Fsp3) is 0.941. The van der Waals surface area contributed by atoms with Crippen LogP contribution in [0.15, 0.2) is 0 Å². The van der Waals surface area contributed by atoms with Gasteiger partial charge in [0.2, 0.25) is 0 Å². The summed E-state index contributed by atoms with van der Waals surface area (Å²) in [4.78, 5) is 72.1. The first-order valence-corrected chi connectivity index (χ1v) is 38.5. The molecule has 0 saturated carbocycles. The molecular formula is C68H132O17P2. The minimum Gasteiger partial charge on any atom is -0.462 e. The molecular weight excluding hydrogens is 1150 g/mol. The van der Waals surface area contributed by atoms with E-state index in [1.54, 1.807) is 0 Å². The van der Waals surface area contributed by atoms with Gasteiger partial charge in [-0.1, -0.05) is 292 Å². The van der Waals surface area contributed by atoms with Crippen LogP contribution < -0.4 is 0 Å². The summed E-state index contributed by atoms with van der Waals surface area (Å²) in [6.45, 7) is 9.49. The van der Waals surface area contributed by atoms with Gasteiger partial charge in [0.1, 0.15) is 19.3 Å². The molecule has 0 aliphatic heterocycles. The van der Waals surface area contributed by atoms with Gasteiger partial charge in [0.25, 0.3) is 0 Å². The SMILES string of the molecule is CCCCCCCCCCCC(=O)O[C@H](COC(=O)CCCCCCC)COP(=O)(O)OC[C@H](O)COP(=O)(O)OC[C@@H](COC(=O)CCCCCCCCCCCCCCC(C)C)OC(=O)CCCCCCCCCCCCCCCCC(C)CC. The number of rotatable bonds is 67. The van der Waals surface area contributed by atoms with Gasteiger partial charge in [0, 0.05) is 25.7 Å². The maximum atomic E-state index is 13.0. The molecule has 0 aliphatic carbocycles. The molecule has 0 bridgehead atoms. The number of phosphoric ester groups is 2. The zero-order chi connectivity index (χ0) is 64.3. The van der Waals surface area contributed by atoms with Crippen LogP contribution in [0.1, 0.15) is 343 Å². The molecule has 17 nitrogen and oxygen atoms in total. The molecule has 0 spiro atoms. The number of hydrogen-bond acceptors (Lipinski definition) is 15. The van der Waals surface area contributed by atoms with Crippen molar-refractivity contribution in [2.24, 2.45) is 11.8 Å². The molecule has 87 heavy (non-hydrogen) atoms. The lowest BCUT2D eigenvalue weighted by molar-refractivity contribution is -0.161. The van der Waals surface area contributed by atoms with Crippen molar-refractivity contribution in [3.8, 4) is 0 Å². The Balaban J connectivity index is 5.15. The Kier molecular flexibility index (Phi) is 59.0. The van der Waals surface area contributed by atoms with Gasteiger partial charge in [-0.2, -0.15) is 0 Å². The van der Waals surface area contributed by atoms with Crippen molar-refractivity contribution < 1.29 is 80.2 Å². The van der Waals surface area contributed by atoms with Gasteiger partial charge in [-0.3, -0.25) is 37.3 Å². The highest BCUT2D eigenvalue weighted by Gasteiger charge is 2.30. The molecule has 0 radical (unpaired) electrons. The first-order chi connectivity index (χ1) is 41.9. The zero-order valence-electron chi connectivity index (χ0n) is 56.3. The number of ether oxygens (including phenoxy) is 4. The second-order valence-electron chi connectivity index (χ2n) is 25.3. The highest BCUT2D eigenvalue weighted by atomic mass is 31.2. The van der Waals surface area contributed by atoms with E-state index >= 15 is 0 Å². The lowest BCUT2D eigenvalue weighted by Crippen LogP contribution is -2.30. The van der Waals surface area contributed by atoms with Crippen LogP contribution in [-0.2, 0) is 65.4 Å². The van der Waals surface area contributed by atoms with Gasteiger partial charge >= 0.3 is 39.5 Å². The Bertz CT molecular complexity index is 1700. The normalized spacial score (nSPS) is 14.5. The molecule has 3 N–H and O–H groups in total. The fourth-order valence-corrected chi connectivity index (χ4v) is 11.8. The van der Waals surface area contributed by atoms with E-state index in [1.807, 2.05) is 0 Å². The van der Waals surface area contributed by atoms with Gasteiger partial charge in [-0.05, 0) is 37.5 Å². The van der Waals surface area contributed by atoms with Crippen LogP contribution in [0.3, 0.4) is 0 Å². The molecule has 0 saturated heterocycles. The van der Waals surface area contributed by atoms with Crippen LogP contribution in [0.25, 0.3) is 0 Å². The Morgan fingerprint density at radius 1 is 0.333 bits per heavy atom. The van der Waals surface area contributed by atoms with Crippen molar-refractivity contribution in [2.45, 2.75) is 362 Å². The summed E-state index contributed by atoms with van der Waals surface area (Å²) in [6.07, 6.45) is 44.8. The topological polar surface area (TPSA) is 237 Å². The average Bonchev–Trinajstić information content (AvgIpc) is 3.70. The molecule has 0 rings (SSSR count). The van der Waals surface area contributed by atoms with E-state index in [9.17, 15) is 43.2 Å². The highest BCUT2D eigenvalue weighted by molar-refractivity contribution is 7.47. The van der Waals surface area contributed by atoms with Crippen molar-refractivity contribution in [3.05, 3.63) is 0 Å². The van der Waals surface area contributed by atoms with E-state index < -0.39 is 97.5 Å². The summed E-state index contributed by atoms with van der Waals surface area (Å²) in [7, 11) is -9.88. The first kappa shape index (κ1) is 85.1. The molecule has 0 heterocycles. The number of hydrogen-bond donors (Lipinski definition) is 3. The molecule has 0 aromatic heterocycles. The third-order valence-electron chi connectivity index (χ3n) is 16.1. The van der Waals surface area contributed by atoms with Gasteiger partial charge in [-0.25, -0.2) is 9.13 Å². The quantitative estimate of drug-likeness (QED) is 0.0222. The summed E-state index contributed by atoms with van der Waals surface area (Å²) < 4.78 is 67.9. The Morgan fingerprint density at radius 2 is 0.586 bits per heavy atom. The predicted molar refractivity (Wildman–Crippen MR) is 349 cm³/mol. The highest BCUT2D eigenvalue weighted by Crippen LogP contribution is 2.45. The number of unbranched alkanes of at least 4 members (excludes halogenated alkanes) is 36. The van der Waals surface area contributed by atoms with Gasteiger partial charge in [0.05, 0.1) is 26.4 Å². The summed E-state index contributed by atoms with van der Waals surface area (Å²) in [5, 5.41) is 10.5. The van der Waals surface area contributed by atoms with Crippen LogP contribution in [0, 0.1) is 11.8 Å². The smallest absolute Gasteiger partial charge is 0.462 e. The van der Waals surface area contributed by atoms with E-state index in [0.717, 1.165) is 108 Å². The van der Waals surface area contributed by atoms with Crippen LogP contribution >= 0.6 is 15.6 Å².